The van der Waals surface area contributed by atoms with E-state index >= 15 is 0 Å². The Balaban J connectivity index is 1.55. The minimum Gasteiger partial charge on any atom is -0.381 e. The van der Waals surface area contributed by atoms with Gasteiger partial charge in [-0.25, -0.2) is 0 Å². The molecule has 1 N–H and O–H groups in total. The van der Waals surface area contributed by atoms with Crippen molar-refractivity contribution >= 4 is 22.4 Å². The maximum absolute atomic E-state index is 12.5. The summed E-state index contributed by atoms with van der Waals surface area (Å²) in [5.41, 5.74) is 2.83. The second-order valence-corrected chi connectivity index (χ2v) is 8.00. The van der Waals surface area contributed by atoms with Crippen molar-refractivity contribution in [2.75, 3.05) is 44.8 Å². The lowest BCUT2D eigenvalue weighted by molar-refractivity contribution is 0.0664. The van der Waals surface area contributed by atoms with Gasteiger partial charge in [-0.3, -0.25) is 9.00 Å². The molecule has 0 unspecified atom stereocenters. The molecule has 138 valence electrons. The highest BCUT2D eigenvalue weighted by Gasteiger charge is 2.20. The molecule has 3 rings (SSSR count). The fraction of sp³-hybridized carbons (Fsp3) is 0.350. The average molecular weight is 372 g/mol. The highest BCUT2D eigenvalue weighted by Crippen LogP contribution is 2.15. The molecule has 0 saturated carbocycles. The van der Waals surface area contributed by atoms with E-state index in [0.717, 1.165) is 47.9 Å². The Bertz CT molecular complexity index is 767. The molecule has 1 aliphatic rings. The third-order valence-electron chi connectivity index (χ3n) is 4.67. The van der Waals surface area contributed by atoms with Crippen LogP contribution in [0.25, 0.3) is 0 Å². The molecular formula is C20H25N3O2S. The van der Waals surface area contributed by atoms with Crippen LogP contribution in [0.4, 0.5) is 5.69 Å². The first-order valence-electron chi connectivity index (χ1n) is 8.77. The van der Waals surface area contributed by atoms with Crippen LogP contribution in [0.2, 0.25) is 0 Å². The highest BCUT2D eigenvalue weighted by atomic mass is 32.2. The molecule has 0 radical (unpaired) electrons. The van der Waals surface area contributed by atoms with Crippen molar-refractivity contribution in [1.82, 2.24) is 9.80 Å². The van der Waals surface area contributed by atoms with Crippen molar-refractivity contribution in [2.45, 2.75) is 11.4 Å². The number of likely N-dealkylation sites (N-methyl/N-ethyl adjacent to an activating group) is 1. The minimum absolute atomic E-state index is 0.104. The standard InChI is InChI=1S/C20H25N3O2S/c1-22-11-13-23(14-12-22)20(24)17-5-7-18(8-6-17)21-15-16-3-9-19(10-4-16)26(2)25/h3-10,21H,11-15H2,1-2H3/t26-/m0/s1. The predicted molar refractivity (Wildman–Crippen MR) is 106 cm³/mol. The summed E-state index contributed by atoms with van der Waals surface area (Å²) >= 11 is 0. The number of hydrogen-bond donors (Lipinski definition) is 1. The fourth-order valence-corrected chi connectivity index (χ4v) is 3.45. The van der Waals surface area contributed by atoms with E-state index in [-0.39, 0.29) is 5.91 Å². The quantitative estimate of drug-likeness (QED) is 0.877. The van der Waals surface area contributed by atoms with E-state index in [9.17, 15) is 9.00 Å². The van der Waals surface area contributed by atoms with Gasteiger partial charge in [0.05, 0.1) is 0 Å². The molecule has 1 heterocycles. The Morgan fingerprint density at radius 1 is 1.00 bits per heavy atom. The number of amides is 1. The van der Waals surface area contributed by atoms with Crippen LogP contribution in [0.1, 0.15) is 15.9 Å². The topological polar surface area (TPSA) is 52.6 Å². The first-order valence-corrected chi connectivity index (χ1v) is 10.3. The van der Waals surface area contributed by atoms with Crippen molar-refractivity contribution in [3.05, 3.63) is 59.7 Å². The first-order chi connectivity index (χ1) is 12.5. The SMILES string of the molecule is CN1CCN(C(=O)c2ccc(NCc3ccc([S@](C)=O)cc3)cc2)CC1. The van der Waals surface area contributed by atoms with E-state index in [0.29, 0.717) is 6.54 Å². The largest absolute Gasteiger partial charge is 0.381 e. The summed E-state index contributed by atoms with van der Waals surface area (Å²) in [5.74, 6) is 0.104. The van der Waals surface area contributed by atoms with Gasteiger partial charge in [0.15, 0.2) is 0 Å². The summed E-state index contributed by atoms with van der Waals surface area (Å²) in [7, 11) is 1.13. The van der Waals surface area contributed by atoms with E-state index in [1.807, 2.05) is 53.4 Å². The highest BCUT2D eigenvalue weighted by molar-refractivity contribution is 7.84. The molecule has 1 aliphatic heterocycles. The van der Waals surface area contributed by atoms with Crippen molar-refractivity contribution in [1.29, 1.82) is 0 Å². The summed E-state index contributed by atoms with van der Waals surface area (Å²) in [4.78, 5) is 17.5. The number of benzene rings is 2. The molecule has 0 bridgehead atoms. The maximum atomic E-state index is 12.5. The summed E-state index contributed by atoms with van der Waals surface area (Å²) < 4.78 is 11.4. The van der Waals surface area contributed by atoms with Crippen LogP contribution in [-0.4, -0.2) is 59.4 Å². The average Bonchev–Trinajstić information content (AvgIpc) is 2.67. The number of carbonyl (C=O) groups excluding carboxylic acids is 1. The van der Waals surface area contributed by atoms with Crippen molar-refractivity contribution in [2.24, 2.45) is 0 Å². The molecule has 1 saturated heterocycles. The van der Waals surface area contributed by atoms with E-state index in [2.05, 4.69) is 17.3 Å². The number of anilines is 1. The van der Waals surface area contributed by atoms with E-state index < -0.39 is 10.8 Å². The van der Waals surface area contributed by atoms with Crippen molar-refractivity contribution in [3.63, 3.8) is 0 Å². The molecule has 5 nitrogen and oxygen atoms in total. The molecule has 2 aromatic rings. The molecular weight excluding hydrogens is 346 g/mol. The summed E-state index contributed by atoms with van der Waals surface area (Å²) in [5, 5.41) is 3.35. The van der Waals surface area contributed by atoms with Crippen LogP contribution in [0, 0.1) is 0 Å². The number of rotatable bonds is 5. The van der Waals surface area contributed by atoms with E-state index in [1.54, 1.807) is 6.26 Å². The lowest BCUT2D eigenvalue weighted by atomic mass is 10.1. The molecule has 0 spiro atoms. The molecule has 26 heavy (non-hydrogen) atoms. The number of carbonyl (C=O) groups is 1. The number of nitrogens with zero attached hydrogens (tertiary/aromatic N) is 2. The third-order valence-corrected chi connectivity index (χ3v) is 5.61. The van der Waals surface area contributed by atoms with Crippen LogP contribution in [-0.2, 0) is 17.3 Å². The number of piperazine rings is 1. The Morgan fingerprint density at radius 2 is 1.62 bits per heavy atom. The predicted octanol–water partition coefficient (Wildman–Crippen LogP) is 2.42. The number of nitrogens with one attached hydrogen (secondary N) is 1. The second-order valence-electron chi connectivity index (χ2n) is 6.62. The van der Waals surface area contributed by atoms with Gasteiger partial charge in [-0.2, -0.15) is 0 Å². The van der Waals surface area contributed by atoms with Crippen molar-refractivity contribution < 1.29 is 9.00 Å². The zero-order valence-corrected chi connectivity index (χ0v) is 16.1. The Labute approximate surface area is 157 Å². The first kappa shape index (κ1) is 18.6. The van der Waals surface area contributed by atoms with Crippen LogP contribution in [0.5, 0.6) is 0 Å². The zero-order chi connectivity index (χ0) is 18.5. The number of hydrogen-bond acceptors (Lipinski definition) is 4. The smallest absolute Gasteiger partial charge is 0.253 e. The lowest BCUT2D eigenvalue weighted by Crippen LogP contribution is -2.47. The van der Waals surface area contributed by atoms with Crippen LogP contribution in [0.3, 0.4) is 0 Å². The summed E-state index contributed by atoms with van der Waals surface area (Å²) in [6.45, 7) is 4.11. The van der Waals surface area contributed by atoms with Gasteiger partial charge < -0.3 is 15.1 Å². The van der Waals surface area contributed by atoms with Gasteiger partial charge in [-0.1, -0.05) is 12.1 Å². The molecule has 1 fully saturated rings. The van der Waals surface area contributed by atoms with Gasteiger partial charge >= 0.3 is 0 Å². The van der Waals surface area contributed by atoms with Gasteiger partial charge in [0, 0.05) is 65.9 Å². The van der Waals surface area contributed by atoms with Gasteiger partial charge in [-0.05, 0) is 49.0 Å². The van der Waals surface area contributed by atoms with E-state index in [4.69, 9.17) is 0 Å². The molecule has 2 aromatic carbocycles. The van der Waals surface area contributed by atoms with Crippen LogP contribution in [0.15, 0.2) is 53.4 Å². The normalized spacial score (nSPS) is 16.3. The third kappa shape index (κ3) is 4.71. The zero-order valence-electron chi connectivity index (χ0n) is 15.3. The molecule has 1 amide bonds. The second kappa shape index (κ2) is 8.47. The molecule has 1 atom stereocenters. The van der Waals surface area contributed by atoms with Gasteiger partial charge in [0.25, 0.3) is 5.91 Å². The maximum Gasteiger partial charge on any atom is 0.253 e. The lowest BCUT2D eigenvalue weighted by Gasteiger charge is -2.32. The molecule has 6 heteroatoms. The Hall–Kier alpha value is -2.18. The monoisotopic (exact) mass is 371 g/mol. The summed E-state index contributed by atoms with van der Waals surface area (Å²) in [6, 6.07) is 15.4. The summed E-state index contributed by atoms with van der Waals surface area (Å²) in [6.07, 6.45) is 1.68. The van der Waals surface area contributed by atoms with Gasteiger partial charge in [-0.15, -0.1) is 0 Å². The Morgan fingerprint density at radius 3 is 2.19 bits per heavy atom. The van der Waals surface area contributed by atoms with Crippen LogP contribution < -0.4 is 5.32 Å². The minimum atomic E-state index is -0.948. The Kier molecular flexibility index (Phi) is 6.06. The van der Waals surface area contributed by atoms with Crippen LogP contribution >= 0.6 is 0 Å². The van der Waals surface area contributed by atoms with E-state index in [1.165, 1.54) is 0 Å². The molecule has 0 aromatic heterocycles. The van der Waals surface area contributed by atoms with Crippen molar-refractivity contribution in [3.8, 4) is 0 Å². The molecule has 0 aliphatic carbocycles. The van der Waals surface area contributed by atoms with Gasteiger partial charge in [0.2, 0.25) is 0 Å². The van der Waals surface area contributed by atoms with Gasteiger partial charge in [0.1, 0.15) is 0 Å². The fourth-order valence-electron chi connectivity index (χ4n) is 2.93.